The zero-order valence-corrected chi connectivity index (χ0v) is 13.3. The van der Waals surface area contributed by atoms with Gasteiger partial charge in [-0.3, -0.25) is 0 Å². The summed E-state index contributed by atoms with van der Waals surface area (Å²) in [6.45, 7) is 0.137. The highest BCUT2D eigenvalue weighted by Gasteiger charge is 2.39. The molecule has 2 amide bonds. The number of nitrogens with one attached hydrogen (secondary N) is 1. The van der Waals surface area contributed by atoms with E-state index in [0.29, 0.717) is 5.56 Å². The van der Waals surface area contributed by atoms with E-state index in [1.807, 2.05) is 0 Å². The van der Waals surface area contributed by atoms with E-state index >= 15 is 0 Å². The fourth-order valence-electron chi connectivity index (χ4n) is 2.60. The van der Waals surface area contributed by atoms with Crippen LogP contribution in [0.2, 0.25) is 0 Å². The Morgan fingerprint density at radius 1 is 1.15 bits per heavy atom. The number of carboxylic acids is 1. The Morgan fingerprint density at radius 2 is 1.85 bits per heavy atom. The number of carbonyl (C=O) groups is 2. The minimum atomic E-state index is -4.59. The molecule has 0 atom stereocenters. The smallest absolute Gasteiger partial charge is 0.451 e. The number of alkyl halides is 3. The molecular formula is C15H14F3N5O3. The molecule has 0 aliphatic carbocycles. The van der Waals surface area contributed by atoms with Crippen molar-refractivity contribution in [3.05, 3.63) is 47.0 Å². The molecule has 1 aromatic heterocycles. The molecule has 8 nitrogen and oxygen atoms in total. The molecule has 0 radical (unpaired) electrons. The molecule has 2 aromatic rings. The van der Waals surface area contributed by atoms with E-state index in [1.165, 1.54) is 17.0 Å². The van der Waals surface area contributed by atoms with Gasteiger partial charge < -0.3 is 19.9 Å². The lowest BCUT2D eigenvalue weighted by Crippen LogP contribution is -2.44. The number of carboxylic acid groups (broad SMARTS) is 1. The molecular weight excluding hydrogens is 355 g/mol. The summed E-state index contributed by atoms with van der Waals surface area (Å²) in [7, 11) is 0. The van der Waals surface area contributed by atoms with Gasteiger partial charge in [-0.25, -0.2) is 9.59 Å². The van der Waals surface area contributed by atoms with Crippen molar-refractivity contribution in [2.45, 2.75) is 25.8 Å². The molecule has 0 saturated carbocycles. The Hall–Kier alpha value is -3.11. The maximum atomic E-state index is 12.8. The second-order valence-electron chi connectivity index (χ2n) is 5.67. The van der Waals surface area contributed by atoms with Crippen LogP contribution in [-0.2, 0) is 25.8 Å². The molecule has 1 aliphatic heterocycles. The average Bonchev–Trinajstić information content (AvgIpc) is 3.03. The number of carbonyl (C=O) groups excluding carboxylic acids is 1. The van der Waals surface area contributed by atoms with Gasteiger partial charge in [0, 0.05) is 19.6 Å². The summed E-state index contributed by atoms with van der Waals surface area (Å²) in [5.41, 5.74) is 0.832. The quantitative estimate of drug-likeness (QED) is 0.858. The molecule has 1 aliphatic rings. The summed E-state index contributed by atoms with van der Waals surface area (Å²) in [6.07, 6.45) is -4.59. The van der Waals surface area contributed by atoms with Crippen molar-refractivity contribution in [1.82, 2.24) is 25.0 Å². The largest absolute Gasteiger partial charge is 0.478 e. The normalized spacial score (nSPS) is 14.0. The Kier molecular flexibility index (Phi) is 4.53. The monoisotopic (exact) mass is 369 g/mol. The van der Waals surface area contributed by atoms with Crippen LogP contribution in [0.5, 0.6) is 0 Å². The first kappa shape index (κ1) is 17.7. The summed E-state index contributed by atoms with van der Waals surface area (Å²) < 4.78 is 39.4. The van der Waals surface area contributed by atoms with Crippen LogP contribution in [0.4, 0.5) is 18.0 Å². The molecule has 0 unspecified atom stereocenters. The summed E-state index contributed by atoms with van der Waals surface area (Å²) in [5.74, 6) is -2.04. The summed E-state index contributed by atoms with van der Waals surface area (Å²) in [6, 6.07) is 5.55. The first-order chi connectivity index (χ1) is 12.3. The van der Waals surface area contributed by atoms with Gasteiger partial charge in [-0.1, -0.05) is 12.1 Å². The highest BCUT2D eigenvalue weighted by Crippen LogP contribution is 2.29. The molecule has 138 valence electrons. The van der Waals surface area contributed by atoms with Crippen LogP contribution < -0.4 is 5.32 Å². The number of rotatable bonds is 3. The van der Waals surface area contributed by atoms with Gasteiger partial charge in [0.2, 0.25) is 5.82 Å². The molecule has 11 heteroatoms. The van der Waals surface area contributed by atoms with Gasteiger partial charge in [0.1, 0.15) is 0 Å². The fourth-order valence-corrected chi connectivity index (χ4v) is 2.60. The third-order valence-corrected chi connectivity index (χ3v) is 3.94. The van der Waals surface area contributed by atoms with Crippen molar-refractivity contribution in [1.29, 1.82) is 0 Å². The number of urea groups is 1. The second kappa shape index (κ2) is 6.65. The second-order valence-corrected chi connectivity index (χ2v) is 5.67. The topological polar surface area (TPSA) is 100 Å². The molecule has 0 saturated heterocycles. The van der Waals surface area contributed by atoms with E-state index in [2.05, 4.69) is 15.5 Å². The first-order valence-corrected chi connectivity index (χ1v) is 7.60. The van der Waals surface area contributed by atoms with Gasteiger partial charge >= 0.3 is 18.2 Å². The Morgan fingerprint density at radius 3 is 2.46 bits per heavy atom. The number of aromatic nitrogens is 3. The SMILES string of the molecule is O=C(O)c1ccc(CNC(=O)N2CCn3c(nnc3C(F)(F)F)C2)cc1. The fraction of sp³-hybridized carbons (Fsp3) is 0.333. The van der Waals surface area contributed by atoms with Crippen LogP contribution in [0.3, 0.4) is 0 Å². The Bertz CT molecular complexity index is 832. The van der Waals surface area contributed by atoms with Gasteiger partial charge in [-0.2, -0.15) is 13.2 Å². The van der Waals surface area contributed by atoms with Crippen molar-refractivity contribution < 1.29 is 27.9 Å². The van der Waals surface area contributed by atoms with Gasteiger partial charge in [0.05, 0.1) is 12.1 Å². The lowest BCUT2D eigenvalue weighted by Gasteiger charge is -2.28. The van der Waals surface area contributed by atoms with E-state index in [9.17, 15) is 22.8 Å². The van der Waals surface area contributed by atoms with Crippen LogP contribution in [0, 0.1) is 0 Å². The van der Waals surface area contributed by atoms with E-state index < -0.39 is 24.0 Å². The van der Waals surface area contributed by atoms with E-state index in [-0.39, 0.29) is 37.6 Å². The van der Waals surface area contributed by atoms with Gasteiger partial charge in [0.25, 0.3) is 0 Å². The molecule has 26 heavy (non-hydrogen) atoms. The highest BCUT2D eigenvalue weighted by atomic mass is 19.4. The lowest BCUT2D eigenvalue weighted by molar-refractivity contribution is -0.147. The number of hydrogen-bond acceptors (Lipinski definition) is 4. The van der Waals surface area contributed by atoms with Crippen molar-refractivity contribution in [2.75, 3.05) is 6.54 Å². The molecule has 0 spiro atoms. The van der Waals surface area contributed by atoms with Crippen LogP contribution in [0.15, 0.2) is 24.3 Å². The number of nitrogens with zero attached hydrogens (tertiary/aromatic N) is 4. The Balaban J connectivity index is 1.60. The van der Waals surface area contributed by atoms with Crippen molar-refractivity contribution >= 4 is 12.0 Å². The predicted octanol–water partition coefficient (Wildman–Crippen LogP) is 1.72. The maximum absolute atomic E-state index is 12.8. The zero-order chi connectivity index (χ0) is 18.9. The number of amides is 2. The minimum absolute atomic E-state index is 0.0437. The van der Waals surface area contributed by atoms with Gasteiger partial charge in [-0.05, 0) is 17.7 Å². The minimum Gasteiger partial charge on any atom is -0.478 e. The number of aromatic carboxylic acids is 1. The molecule has 2 heterocycles. The van der Waals surface area contributed by atoms with Crippen LogP contribution in [-0.4, -0.2) is 43.3 Å². The van der Waals surface area contributed by atoms with Gasteiger partial charge in [-0.15, -0.1) is 10.2 Å². The third-order valence-electron chi connectivity index (χ3n) is 3.94. The van der Waals surface area contributed by atoms with Crippen molar-refractivity contribution in [3.8, 4) is 0 Å². The predicted molar refractivity (Wildman–Crippen MR) is 81.1 cm³/mol. The number of halogens is 3. The first-order valence-electron chi connectivity index (χ1n) is 7.60. The maximum Gasteiger partial charge on any atom is 0.451 e. The lowest BCUT2D eigenvalue weighted by atomic mass is 10.1. The van der Waals surface area contributed by atoms with Crippen molar-refractivity contribution in [3.63, 3.8) is 0 Å². The summed E-state index contributed by atoms with van der Waals surface area (Å²) >= 11 is 0. The summed E-state index contributed by atoms with van der Waals surface area (Å²) in [4.78, 5) is 24.3. The number of benzene rings is 1. The third kappa shape index (κ3) is 3.60. The zero-order valence-electron chi connectivity index (χ0n) is 13.3. The average molecular weight is 369 g/mol. The van der Waals surface area contributed by atoms with E-state index in [0.717, 1.165) is 4.57 Å². The molecule has 0 fully saturated rings. The summed E-state index contributed by atoms with van der Waals surface area (Å²) in [5, 5.41) is 18.2. The Labute approximate surface area is 145 Å². The standard InChI is InChI=1S/C15H14F3N5O3/c16-15(17,18)13-21-20-11-8-22(5-6-23(11)13)14(26)19-7-9-1-3-10(4-2-9)12(24)25/h1-4H,5-8H2,(H,19,26)(H,24,25). The van der Waals surface area contributed by atoms with E-state index in [1.54, 1.807) is 12.1 Å². The molecule has 2 N–H and O–H groups in total. The van der Waals surface area contributed by atoms with Gasteiger partial charge in [0.15, 0.2) is 5.82 Å². The molecule has 3 rings (SSSR count). The van der Waals surface area contributed by atoms with Crippen LogP contribution in [0.1, 0.15) is 27.6 Å². The van der Waals surface area contributed by atoms with Crippen molar-refractivity contribution in [2.24, 2.45) is 0 Å². The molecule has 1 aromatic carbocycles. The highest BCUT2D eigenvalue weighted by molar-refractivity contribution is 5.87. The van der Waals surface area contributed by atoms with Crippen LogP contribution >= 0.6 is 0 Å². The number of hydrogen-bond donors (Lipinski definition) is 2. The van der Waals surface area contributed by atoms with E-state index in [4.69, 9.17) is 5.11 Å². The number of fused-ring (bicyclic) bond motifs is 1. The molecule has 0 bridgehead atoms. The van der Waals surface area contributed by atoms with Crippen LogP contribution in [0.25, 0.3) is 0 Å².